The van der Waals surface area contributed by atoms with E-state index in [9.17, 15) is 4.79 Å². The summed E-state index contributed by atoms with van der Waals surface area (Å²) < 4.78 is 0. The summed E-state index contributed by atoms with van der Waals surface area (Å²) >= 11 is 0. The maximum atomic E-state index is 10.9. The quantitative estimate of drug-likeness (QED) is 0.412. The van der Waals surface area contributed by atoms with E-state index in [2.05, 4.69) is 5.32 Å². The SMILES string of the molecule is O=C1[N-]Cc2ccccc21.[Li+]. The Hall–Kier alpha value is -0.713. The Morgan fingerprint density at radius 3 is 2.73 bits per heavy atom. The van der Waals surface area contributed by atoms with Gasteiger partial charge in [0, 0.05) is 5.56 Å². The van der Waals surface area contributed by atoms with E-state index in [0.29, 0.717) is 6.54 Å². The molecular weight excluding hydrogens is 133 g/mol. The third-order valence-corrected chi connectivity index (χ3v) is 1.64. The number of rotatable bonds is 0. The van der Waals surface area contributed by atoms with Gasteiger partial charge in [0.2, 0.25) is 0 Å². The first-order chi connectivity index (χ1) is 4.88. The summed E-state index contributed by atoms with van der Waals surface area (Å²) in [5.74, 6) is -0.0735. The van der Waals surface area contributed by atoms with Gasteiger partial charge in [-0.1, -0.05) is 29.8 Å². The first kappa shape index (κ1) is 8.38. The summed E-state index contributed by atoms with van der Waals surface area (Å²) in [4.78, 5) is 10.9. The molecule has 0 fully saturated rings. The van der Waals surface area contributed by atoms with Gasteiger partial charge in [-0.15, -0.1) is 6.54 Å². The molecule has 1 aromatic carbocycles. The maximum Gasteiger partial charge on any atom is 1.00 e. The molecule has 0 aliphatic carbocycles. The Morgan fingerprint density at radius 2 is 2.00 bits per heavy atom. The molecule has 2 rings (SSSR count). The molecule has 0 N–H and O–H groups in total. The van der Waals surface area contributed by atoms with Gasteiger partial charge in [0.15, 0.2) is 0 Å². The Kier molecular flexibility index (Phi) is 2.38. The van der Waals surface area contributed by atoms with Crippen molar-refractivity contribution in [2.45, 2.75) is 6.54 Å². The summed E-state index contributed by atoms with van der Waals surface area (Å²) in [6.45, 7) is 0.564. The predicted octanol–water partition coefficient (Wildman–Crippen LogP) is -1.28. The number of hydrogen-bond donors (Lipinski definition) is 0. The van der Waals surface area contributed by atoms with Crippen molar-refractivity contribution in [3.63, 3.8) is 0 Å². The van der Waals surface area contributed by atoms with Crippen LogP contribution in [0.15, 0.2) is 24.3 Å². The Bertz CT molecular complexity index is 285. The van der Waals surface area contributed by atoms with Crippen molar-refractivity contribution in [3.05, 3.63) is 40.7 Å². The van der Waals surface area contributed by atoms with Gasteiger partial charge in [-0.2, -0.15) is 0 Å². The van der Waals surface area contributed by atoms with Crippen LogP contribution in [-0.4, -0.2) is 5.91 Å². The Morgan fingerprint density at radius 1 is 1.27 bits per heavy atom. The number of hydrogen-bond acceptors (Lipinski definition) is 1. The number of benzene rings is 1. The van der Waals surface area contributed by atoms with Crippen LogP contribution in [0.4, 0.5) is 0 Å². The zero-order valence-electron chi connectivity index (χ0n) is 6.37. The monoisotopic (exact) mass is 139 g/mol. The van der Waals surface area contributed by atoms with E-state index >= 15 is 0 Å². The van der Waals surface area contributed by atoms with E-state index in [1.165, 1.54) is 0 Å². The average Bonchev–Trinajstić information content (AvgIpc) is 2.34. The second-order valence-corrected chi connectivity index (χ2v) is 2.28. The van der Waals surface area contributed by atoms with Crippen molar-refractivity contribution >= 4 is 5.91 Å². The van der Waals surface area contributed by atoms with Crippen LogP contribution in [0, 0.1) is 0 Å². The van der Waals surface area contributed by atoms with E-state index in [-0.39, 0.29) is 24.8 Å². The molecule has 1 aromatic rings. The minimum atomic E-state index is -0.0735. The van der Waals surface area contributed by atoms with Crippen LogP contribution in [0.2, 0.25) is 0 Å². The molecule has 1 aliphatic heterocycles. The molecule has 1 amide bonds. The van der Waals surface area contributed by atoms with E-state index in [0.717, 1.165) is 11.1 Å². The summed E-state index contributed by atoms with van der Waals surface area (Å²) in [6, 6.07) is 7.53. The average molecular weight is 139 g/mol. The number of fused-ring (bicyclic) bond motifs is 1. The smallest absolute Gasteiger partial charge is 0.645 e. The Balaban J connectivity index is 0.000000605. The molecule has 3 heteroatoms. The third-order valence-electron chi connectivity index (χ3n) is 1.64. The number of carbonyl (C=O) groups excluding carboxylic acids is 1. The molecule has 0 bridgehead atoms. The van der Waals surface area contributed by atoms with Gasteiger partial charge in [0.05, 0.1) is 5.91 Å². The van der Waals surface area contributed by atoms with Crippen LogP contribution < -0.4 is 18.9 Å². The molecule has 1 aliphatic rings. The van der Waals surface area contributed by atoms with Crippen LogP contribution in [0.3, 0.4) is 0 Å². The van der Waals surface area contributed by atoms with Gasteiger partial charge < -0.3 is 10.1 Å². The molecule has 0 saturated heterocycles. The second-order valence-electron chi connectivity index (χ2n) is 2.28. The zero-order chi connectivity index (χ0) is 6.97. The van der Waals surface area contributed by atoms with Crippen molar-refractivity contribution in [2.75, 3.05) is 0 Å². The van der Waals surface area contributed by atoms with Crippen LogP contribution >= 0.6 is 0 Å². The largest absolute Gasteiger partial charge is 1.00 e. The van der Waals surface area contributed by atoms with Gasteiger partial charge in [-0.05, 0) is 0 Å². The fourth-order valence-electron chi connectivity index (χ4n) is 1.11. The molecule has 0 spiro atoms. The van der Waals surface area contributed by atoms with Gasteiger partial charge in [0.1, 0.15) is 0 Å². The second kappa shape index (κ2) is 3.12. The molecule has 0 aromatic heterocycles. The summed E-state index contributed by atoms with van der Waals surface area (Å²) in [6.07, 6.45) is 0. The fourth-order valence-corrected chi connectivity index (χ4v) is 1.11. The molecule has 0 saturated carbocycles. The van der Waals surface area contributed by atoms with Gasteiger partial charge in [-0.25, -0.2) is 0 Å². The van der Waals surface area contributed by atoms with Crippen molar-refractivity contribution in [2.24, 2.45) is 0 Å². The van der Waals surface area contributed by atoms with Crippen molar-refractivity contribution in [3.8, 4) is 0 Å². The molecule has 1 heterocycles. The molecule has 2 nitrogen and oxygen atoms in total. The van der Waals surface area contributed by atoms with Crippen LogP contribution in [0.5, 0.6) is 0 Å². The van der Waals surface area contributed by atoms with Crippen LogP contribution in [0.1, 0.15) is 15.9 Å². The van der Waals surface area contributed by atoms with Gasteiger partial charge in [0.25, 0.3) is 0 Å². The maximum absolute atomic E-state index is 10.9. The number of nitrogens with zero attached hydrogens (tertiary/aromatic N) is 1. The molecular formula is C8H6LiNO. The standard InChI is InChI=1S/C8H7NO.Li/c10-8-7-4-2-1-3-6(7)5-9-8;/h1-4H,5H2,(H,9,10);/q;+1/p-1. The first-order valence-corrected chi connectivity index (χ1v) is 3.17. The molecule has 50 valence electrons. The summed E-state index contributed by atoms with van der Waals surface area (Å²) in [7, 11) is 0. The van der Waals surface area contributed by atoms with E-state index in [4.69, 9.17) is 0 Å². The fraction of sp³-hybridized carbons (Fsp3) is 0.125. The van der Waals surface area contributed by atoms with E-state index < -0.39 is 0 Å². The first-order valence-electron chi connectivity index (χ1n) is 3.17. The zero-order valence-corrected chi connectivity index (χ0v) is 6.37. The summed E-state index contributed by atoms with van der Waals surface area (Å²) in [5.41, 5.74) is 1.81. The third kappa shape index (κ3) is 1.33. The summed E-state index contributed by atoms with van der Waals surface area (Å²) in [5, 5.41) is 3.77. The molecule has 0 radical (unpaired) electrons. The number of amides is 1. The van der Waals surface area contributed by atoms with Crippen molar-refractivity contribution in [1.29, 1.82) is 0 Å². The van der Waals surface area contributed by atoms with Crippen molar-refractivity contribution < 1.29 is 23.7 Å². The van der Waals surface area contributed by atoms with Crippen LogP contribution in [-0.2, 0) is 6.54 Å². The topological polar surface area (TPSA) is 31.2 Å². The molecule has 11 heavy (non-hydrogen) atoms. The molecule has 0 atom stereocenters. The predicted molar refractivity (Wildman–Crippen MR) is 37.8 cm³/mol. The van der Waals surface area contributed by atoms with E-state index in [1.54, 1.807) is 0 Å². The van der Waals surface area contributed by atoms with E-state index in [1.807, 2.05) is 24.3 Å². The van der Waals surface area contributed by atoms with Crippen LogP contribution in [0.25, 0.3) is 5.32 Å². The minimum Gasteiger partial charge on any atom is -0.645 e. The van der Waals surface area contributed by atoms with Crippen molar-refractivity contribution in [1.82, 2.24) is 0 Å². The Labute approximate surface area is 77.2 Å². The number of carbonyl (C=O) groups is 1. The molecule has 0 unspecified atom stereocenters. The normalized spacial score (nSPS) is 13.3. The minimum absolute atomic E-state index is 0. The van der Waals surface area contributed by atoms with Gasteiger partial charge in [-0.3, -0.25) is 0 Å². The van der Waals surface area contributed by atoms with Gasteiger partial charge >= 0.3 is 18.9 Å².